The molecule has 1 rings (SSSR count). The van der Waals surface area contributed by atoms with E-state index in [4.69, 9.17) is 5.11 Å². The minimum atomic E-state index is -0.852. The second-order valence-corrected chi connectivity index (χ2v) is 3.07. The molecule has 0 unspecified atom stereocenters. The second-order valence-electron chi connectivity index (χ2n) is 3.07. The van der Waals surface area contributed by atoms with Crippen LogP contribution in [0.5, 0.6) is 0 Å². The zero-order valence-electron chi connectivity index (χ0n) is 7.32. The van der Waals surface area contributed by atoms with Crippen LogP contribution in [0.25, 0.3) is 0 Å². The molecule has 0 radical (unpaired) electrons. The minimum absolute atomic E-state index is 0.381. The summed E-state index contributed by atoms with van der Waals surface area (Å²) in [5.74, 6) is -0.852. The predicted molar refractivity (Wildman–Crippen MR) is 46.7 cm³/mol. The summed E-state index contributed by atoms with van der Waals surface area (Å²) in [6.07, 6.45) is 5.18. The van der Waals surface area contributed by atoms with Crippen molar-refractivity contribution in [2.24, 2.45) is 0 Å². The standard InChI is InChI=1S/C9H13NO2/c1-7(2)10-5-3-8(4-6-10)9(11)12/h3-5,7H,6H2,1-2H3,(H,11,12). The number of nitrogens with zero attached hydrogens (tertiary/aromatic N) is 1. The molecule has 12 heavy (non-hydrogen) atoms. The van der Waals surface area contributed by atoms with Crippen molar-refractivity contribution in [2.75, 3.05) is 6.54 Å². The van der Waals surface area contributed by atoms with Gasteiger partial charge in [-0.15, -0.1) is 0 Å². The van der Waals surface area contributed by atoms with Gasteiger partial charge in [-0.3, -0.25) is 0 Å². The fraction of sp³-hybridized carbons (Fsp3) is 0.444. The van der Waals surface area contributed by atoms with Gasteiger partial charge in [0.1, 0.15) is 0 Å². The third kappa shape index (κ3) is 1.87. The molecule has 1 aliphatic rings. The molecule has 0 aromatic rings. The van der Waals surface area contributed by atoms with E-state index in [1.54, 1.807) is 12.2 Å². The van der Waals surface area contributed by atoms with Crippen LogP contribution in [-0.2, 0) is 4.79 Å². The van der Waals surface area contributed by atoms with E-state index >= 15 is 0 Å². The number of carboxylic acids is 1. The van der Waals surface area contributed by atoms with Crippen LogP contribution in [0.1, 0.15) is 13.8 Å². The number of carbonyl (C=O) groups is 1. The molecule has 0 saturated heterocycles. The Morgan fingerprint density at radius 2 is 2.33 bits per heavy atom. The van der Waals surface area contributed by atoms with Gasteiger partial charge in [-0.25, -0.2) is 4.79 Å². The van der Waals surface area contributed by atoms with Crippen molar-refractivity contribution in [2.45, 2.75) is 19.9 Å². The molecular weight excluding hydrogens is 154 g/mol. The molecule has 3 nitrogen and oxygen atoms in total. The molecular formula is C9H13NO2. The largest absolute Gasteiger partial charge is 0.478 e. The maximum atomic E-state index is 10.5. The second kappa shape index (κ2) is 3.43. The maximum absolute atomic E-state index is 10.5. The third-order valence-corrected chi connectivity index (χ3v) is 1.88. The Morgan fingerprint density at radius 1 is 1.67 bits per heavy atom. The third-order valence-electron chi connectivity index (χ3n) is 1.88. The first-order valence-electron chi connectivity index (χ1n) is 3.98. The molecule has 1 heterocycles. The Kier molecular flexibility index (Phi) is 2.53. The fourth-order valence-corrected chi connectivity index (χ4v) is 1.05. The van der Waals surface area contributed by atoms with Crippen LogP contribution in [0.2, 0.25) is 0 Å². The highest BCUT2D eigenvalue weighted by Crippen LogP contribution is 2.09. The first-order valence-corrected chi connectivity index (χ1v) is 3.98. The van der Waals surface area contributed by atoms with Gasteiger partial charge in [-0.05, 0) is 19.9 Å². The Bertz CT molecular complexity index is 241. The zero-order chi connectivity index (χ0) is 9.14. The monoisotopic (exact) mass is 167 g/mol. The Hall–Kier alpha value is -1.25. The molecule has 1 aliphatic heterocycles. The smallest absolute Gasteiger partial charge is 0.335 e. The average molecular weight is 167 g/mol. The van der Waals surface area contributed by atoms with E-state index in [9.17, 15) is 4.79 Å². The number of rotatable bonds is 2. The molecule has 3 heteroatoms. The van der Waals surface area contributed by atoms with E-state index in [1.165, 1.54) is 0 Å². The van der Waals surface area contributed by atoms with E-state index < -0.39 is 5.97 Å². The normalized spacial score (nSPS) is 16.6. The first kappa shape index (κ1) is 8.84. The SMILES string of the molecule is CC(C)N1C=CC(C(=O)O)=CC1. The molecule has 0 aliphatic carbocycles. The van der Waals surface area contributed by atoms with Gasteiger partial charge in [0.15, 0.2) is 0 Å². The maximum Gasteiger partial charge on any atom is 0.335 e. The minimum Gasteiger partial charge on any atom is -0.478 e. The lowest BCUT2D eigenvalue weighted by Crippen LogP contribution is -2.27. The average Bonchev–Trinajstić information content (AvgIpc) is 2.04. The van der Waals surface area contributed by atoms with Crippen LogP contribution >= 0.6 is 0 Å². The summed E-state index contributed by atoms with van der Waals surface area (Å²) >= 11 is 0. The van der Waals surface area contributed by atoms with Crippen LogP contribution in [0, 0.1) is 0 Å². The first-order chi connectivity index (χ1) is 5.61. The summed E-state index contributed by atoms with van der Waals surface area (Å²) in [5.41, 5.74) is 0.381. The van der Waals surface area contributed by atoms with Crippen molar-refractivity contribution in [3.63, 3.8) is 0 Å². The van der Waals surface area contributed by atoms with Crippen molar-refractivity contribution < 1.29 is 9.90 Å². The molecule has 66 valence electrons. The summed E-state index contributed by atoms with van der Waals surface area (Å²) in [4.78, 5) is 12.6. The van der Waals surface area contributed by atoms with E-state index in [0.29, 0.717) is 18.2 Å². The van der Waals surface area contributed by atoms with Gasteiger partial charge in [-0.1, -0.05) is 6.08 Å². The number of hydrogen-bond donors (Lipinski definition) is 1. The highest BCUT2D eigenvalue weighted by atomic mass is 16.4. The van der Waals surface area contributed by atoms with Crippen molar-refractivity contribution in [1.82, 2.24) is 4.90 Å². The lowest BCUT2D eigenvalue weighted by Gasteiger charge is -2.25. The molecule has 0 spiro atoms. The summed E-state index contributed by atoms with van der Waals surface area (Å²) in [6.45, 7) is 4.84. The molecule has 0 aromatic carbocycles. The van der Waals surface area contributed by atoms with Gasteiger partial charge in [0.05, 0.1) is 5.57 Å². The van der Waals surface area contributed by atoms with Crippen LogP contribution in [0.4, 0.5) is 0 Å². The number of aliphatic carboxylic acids is 1. The molecule has 0 atom stereocenters. The van der Waals surface area contributed by atoms with Crippen LogP contribution in [0.3, 0.4) is 0 Å². The summed E-state index contributed by atoms with van der Waals surface area (Å²) < 4.78 is 0. The van der Waals surface area contributed by atoms with Crippen molar-refractivity contribution >= 4 is 5.97 Å². The van der Waals surface area contributed by atoms with Gasteiger partial charge in [0, 0.05) is 18.8 Å². The summed E-state index contributed by atoms with van der Waals surface area (Å²) in [6, 6.07) is 0.424. The summed E-state index contributed by atoms with van der Waals surface area (Å²) in [5, 5.41) is 8.63. The van der Waals surface area contributed by atoms with Crippen molar-refractivity contribution in [1.29, 1.82) is 0 Å². The predicted octanol–water partition coefficient (Wildman–Crippen LogP) is 1.24. The van der Waals surface area contributed by atoms with E-state index in [2.05, 4.69) is 18.7 Å². The Morgan fingerprint density at radius 3 is 2.67 bits per heavy atom. The Balaban J connectivity index is 2.61. The molecule has 1 N–H and O–H groups in total. The van der Waals surface area contributed by atoms with E-state index in [0.717, 1.165) is 0 Å². The molecule has 0 saturated carbocycles. The number of hydrogen-bond acceptors (Lipinski definition) is 2. The van der Waals surface area contributed by atoms with Crippen LogP contribution in [-0.4, -0.2) is 28.6 Å². The Labute approximate surface area is 72.0 Å². The van der Waals surface area contributed by atoms with E-state index in [1.807, 2.05) is 6.20 Å². The molecule has 0 fully saturated rings. The van der Waals surface area contributed by atoms with Crippen molar-refractivity contribution in [3.8, 4) is 0 Å². The van der Waals surface area contributed by atoms with Gasteiger partial charge >= 0.3 is 5.97 Å². The molecule has 0 bridgehead atoms. The van der Waals surface area contributed by atoms with Gasteiger partial charge in [0.2, 0.25) is 0 Å². The zero-order valence-corrected chi connectivity index (χ0v) is 7.32. The lowest BCUT2D eigenvalue weighted by atomic mass is 10.2. The van der Waals surface area contributed by atoms with Crippen LogP contribution < -0.4 is 0 Å². The highest BCUT2D eigenvalue weighted by Gasteiger charge is 2.10. The topological polar surface area (TPSA) is 40.5 Å². The van der Waals surface area contributed by atoms with Gasteiger partial charge in [-0.2, -0.15) is 0 Å². The number of carboxylic acid groups (broad SMARTS) is 1. The molecule has 0 amide bonds. The quantitative estimate of drug-likeness (QED) is 0.672. The summed E-state index contributed by atoms with van der Waals surface area (Å²) in [7, 11) is 0. The lowest BCUT2D eigenvalue weighted by molar-refractivity contribution is -0.132. The van der Waals surface area contributed by atoms with E-state index in [-0.39, 0.29) is 0 Å². The molecule has 0 aromatic heterocycles. The fourth-order valence-electron chi connectivity index (χ4n) is 1.05. The van der Waals surface area contributed by atoms with Gasteiger partial charge < -0.3 is 10.0 Å². The van der Waals surface area contributed by atoms with Gasteiger partial charge in [0.25, 0.3) is 0 Å². The highest BCUT2D eigenvalue weighted by molar-refractivity contribution is 5.90. The van der Waals surface area contributed by atoms with Crippen molar-refractivity contribution in [3.05, 3.63) is 23.9 Å². The van der Waals surface area contributed by atoms with Crippen LogP contribution in [0.15, 0.2) is 23.9 Å².